The molecular weight excluding hydrogens is 243 g/mol. The van der Waals surface area contributed by atoms with Crippen LogP contribution in [-0.4, -0.2) is 19.1 Å². The highest BCUT2D eigenvalue weighted by atomic mass is 35.5. The highest BCUT2D eigenvalue weighted by Gasteiger charge is 2.12. The molecule has 0 aromatic heterocycles. The number of piperidine rings is 1. The van der Waals surface area contributed by atoms with Gasteiger partial charge in [0.25, 0.3) is 0 Å². The number of nitrogens with one attached hydrogen (secondary N) is 2. The van der Waals surface area contributed by atoms with Crippen LogP contribution in [0.5, 0.6) is 0 Å². The first-order valence-electron chi connectivity index (χ1n) is 5.54. The van der Waals surface area contributed by atoms with Gasteiger partial charge in [-0.15, -0.1) is 12.4 Å². The highest BCUT2D eigenvalue weighted by Crippen LogP contribution is 2.15. The zero-order chi connectivity index (χ0) is 10.5. The van der Waals surface area contributed by atoms with Gasteiger partial charge < -0.3 is 10.6 Å². The number of hydrogen-bond donors (Lipinski definition) is 2. The molecule has 0 bridgehead atoms. The summed E-state index contributed by atoms with van der Waals surface area (Å²) in [5, 5.41) is 7.78. The number of halogens is 2. The normalized spacial score (nSPS) is 20.2. The third-order valence-corrected chi connectivity index (χ3v) is 3.20. The molecule has 1 saturated heterocycles. The van der Waals surface area contributed by atoms with Crippen molar-refractivity contribution < 1.29 is 0 Å². The topological polar surface area (TPSA) is 24.1 Å². The van der Waals surface area contributed by atoms with Crippen LogP contribution in [0.4, 0.5) is 0 Å². The third-order valence-electron chi connectivity index (χ3n) is 2.84. The Morgan fingerprint density at radius 1 is 1.38 bits per heavy atom. The molecule has 0 radical (unpaired) electrons. The van der Waals surface area contributed by atoms with Crippen molar-refractivity contribution in [2.24, 2.45) is 0 Å². The number of rotatable bonds is 3. The average Bonchev–Trinajstić information content (AvgIpc) is 2.29. The molecule has 2 nitrogen and oxygen atoms in total. The maximum Gasteiger partial charge on any atom is 0.0450 e. The second-order valence-electron chi connectivity index (χ2n) is 4.02. The molecule has 1 unspecified atom stereocenters. The van der Waals surface area contributed by atoms with Gasteiger partial charge in [-0.2, -0.15) is 0 Å². The van der Waals surface area contributed by atoms with Gasteiger partial charge in [0.05, 0.1) is 0 Å². The van der Waals surface area contributed by atoms with Crippen LogP contribution in [0.3, 0.4) is 0 Å². The maximum atomic E-state index is 6.09. The summed E-state index contributed by atoms with van der Waals surface area (Å²) in [5.41, 5.74) is 1.18. The summed E-state index contributed by atoms with van der Waals surface area (Å²) < 4.78 is 0. The Balaban J connectivity index is 0.00000128. The molecule has 0 aliphatic carbocycles. The molecule has 0 spiro atoms. The molecule has 0 amide bonds. The van der Waals surface area contributed by atoms with E-state index >= 15 is 0 Å². The molecule has 4 heteroatoms. The first kappa shape index (κ1) is 13.8. The van der Waals surface area contributed by atoms with E-state index in [-0.39, 0.29) is 12.4 Å². The largest absolute Gasteiger partial charge is 0.315 e. The monoisotopic (exact) mass is 260 g/mol. The van der Waals surface area contributed by atoms with Crippen molar-refractivity contribution in [3.8, 4) is 0 Å². The molecule has 1 aromatic rings. The second-order valence-corrected chi connectivity index (χ2v) is 4.42. The van der Waals surface area contributed by atoms with Crippen LogP contribution in [-0.2, 0) is 6.54 Å². The fourth-order valence-electron chi connectivity index (χ4n) is 1.92. The first-order chi connectivity index (χ1) is 7.36. The first-order valence-corrected chi connectivity index (χ1v) is 5.91. The van der Waals surface area contributed by atoms with E-state index in [1.165, 1.54) is 18.4 Å². The molecule has 2 rings (SSSR count). The average molecular weight is 261 g/mol. The zero-order valence-corrected chi connectivity index (χ0v) is 10.8. The van der Waals surface area contributed by atoms with Crippen molar-refractivity contribution in [2.75, 3.05) is 13.1 Å². The van der Waals surface area contributed by atoms with E-state index in [0.717, 1.165) is 24.7 Å². The Bertz CT molecular complexity index is 312. The third kappa shape index (κ3) is 3.95. The Morgan fingerprint density at radius 2 is 2.19 bits per heavy atom. The van der Waals surface area contributed by atoms with Crippen LogP contribution in [0, 0.1) is 0 Å². The van der Waals surface area contributed by atoms with Crippen molar-refractivity contribution in [1.29, 1.82) is 0 Å². The van der Waals surface area contributed by atoms with Gasteiger partial charge >= 0.3 is 0 Å². The molecular formula is C12H18Cl2N2. The van der Waals surface area contributed by atoms with E-state index in [2.05, 4.69) is 16.7 Å². The zero-order valence-electron chi connectivity index (χ0n) is 9.21. The lowest BCUT2D eigenvalue weighted by Crippen LogP contribution is -2.42. The summed E-state index contributed by atoms with van der Waals surface area (Å²) in [5.74, 6) is 0. The van der Waals surface area contributed by atoms with Crippen LogP contribution < -0.4 is 10.6 Å². The maximum absolute atomic E-state index is 6.09. The second kappa shape index (κ2) is 7.13. The van der Waals surface area contributed by atoms with E-state index in [1.54, 1.807) is 0 Å². The van der Waals surface area contributed by atoms with Crippen molar-refractivity contribution in [2.45, 2.75) is 25.4 Å². The van der Waals surface area contributed by atoms with Crippen LogP contribution in [0.1, 0.15) is 18.4 Å². The molecule has 1 aliphatic heterocycles. The lowest BCUT2D eigenvalue weighted by molar-refractivity contribution is 0.389. The Hall–Kier alpha value is -0.280. The van der Waals surface area contributed by atoms with Crippen molar-refractivity contribution in [1.82, 2.24) is 10.6 Å². The fraction of sp³-hybridized carbons (Fsp3) is 0.500. The summed E-state index contributed by atoms with van der Waals surface area (Å²) in [6.45, 7) is 3.10. The van der Waals surface area contributed by atoms with E-state index < -0.39 is 0 Å². The summed E-state index contributed by atoms with van der Waals surface area (Å²) in [6.07, 6.45) is 2.53. The summed E-state index contributed by atoms with van der Waals surface area (Å²) in [7, 11) is 0. The van der Waals surface area contributed by atoms with E-state index in [4.69, 9.17) is 11.6 Å². The summed E-state index contributed by atoms with van der Waals surface area (Å²) in [4.78, 5) is 0. The van der Waals surface area contributed by atoms with Crippen molar-refractivity contribution in [3.63, 3.8) is 0 Å². The van der Waals surface area contributed by atoms with E-state index in [9.17, 15) is 0 Å². The fourth-order valence-corrected chi connectivity index (χ4v) is 2.12. The van der Waals surface area contributed by atoms with E-state index in [1.807, 2.05) is 18.2 Å². The number of benzene rings is 1. The smallest absolute Gasteiger partial charge is 0.0450 e. The standard InChI is InChI=1S/C12H17ClN2.ClH/c13-12-6-2-1-4-10(12)8-15-11-5-3-7-14-9-11;/h1-2,4,6,11,14-15H,3,5,7-9H2;1H. The molecule has 1 aliphatic rings. The van der Waals surface area contributed by atoms with Gasteiger partial charge in [0.15, 0.2) is 0 Å². The molecule has 16 heavy (non-hydrogen) atoms. The van der Waals surface area contributed by atoms with Gasteiger partial charge in [-0.25, -0.2) is 0 Å². The lowest BCUT2D eigenvalue weighted by atomic mass is 10.1. The molecule has 1 aromatic carbocycles. The summed E-state index contributed by atoms with van der Waals surface area (Å²) in [6, 6.07) is 8.61. The Morgan fingerprint density at radius 3 is 2.88 bits per heavy atom. The van der Waals surface area contributed by atoms with Gasteiger partial charge in [0.1, 0.15) is 0 Å². The van der Waals surface area contributed by atoms with Gasteiger partial charge in [-0.05, 0) is 31.0 Å². The van der Waals surface area contributed by atoms with Crippen LogP contribution in [0.15, 0.2) is 24.3 Å². The van der Waals surface area contributed by atoms with Gasteiger partial charge in [0, 0.05) is 24.2 Å². The minimum atomic E-state index is 0. The van der Waals surface area contributed by atoms with E-state index in [0.29, 0.717) is 6.04 Å². The number of hydrogen-bond acceptors (Lipinski definition) is 2. The van der Waals surface area contributed by atoms with Gasteiger partial charge in [-0.3, -0.25) is 0 Å². The Kier molecular flexibility index (Phi) is 6.14. The highest BCUT2D eigenvalue weighted by molar-refractivity contribution is 6.31. The van der Waals surface area contributed by atoms with Crippen molar-refractivity contribution >= 4 is 24.0 Å². The van der Waals surface area contributed by atoms with Gasteiger partial charge in [0.2, 0.25) is 0 Å². The minimum Gasteiger partial charge on any atom is -0.315 e. The van der Waals surface area contributed by atoms with Crippen LogP contribution in [0.25, 0.3) is 0 Å². The molecule has 0 saturated carbocycles. The van der Waals surface area contributed by atoms with Crippen molar-refractivity contribution in [3.05, 3.63) is 34.9 Å². The summed E-state index contributed by atoms with van der Waals surface area (Å²) >= 11 is 6.09. The SMILES string of the molecule is Cl.Clc1ccccc1CNC1CCCNC1. The molecule has 1 heterocycles. The molecule has 1 fully saturated rings. The quantitative estimate of drug-likeness (QED) is 0.874. The predicted molar refractivity (Wildman–Crippen MR) is 71.4 cm³/mol. The minimum absolute atomic E-state index is 0. The molecule has 90 valence electrons. The van der Waals surface area contributed by atoms with Crippen LogP contribution in [0.2, 0.25) is 5.02 Å². The van der Waals surface area contributed by atoms with Crippen LogP contribution >= 0.6 is 24.0 Å². The molecule has 1 atom stereocenters. The molecule has 2 N–H and O–H groups in total. The van der Waals surface area contributed by atoms with Gasteiger partial charge in [-0.1, -0.05) is 29.8 Å². The Labute approximate surface area is 108 Å². The lowest BCUT2D eigenvalue weighted by Gasteiger charge is -2.24. The predicted octanol–water partition coefficient (Wildman–Crippen LogP) is 2.60.